The van der Waals surface area contributed by atoms with E-state index in [0.29, 0.717) is 13.2 Å². The van der Waals surface area contributed by atoms with Gasteiger partial charge < -0.3 is 15.2 Å². The van der Waals surface area contributed by atoms with Crippen LogP contribution in [0.5, 0.6) is 5.75 Å². The number of benzene rings is 1. The third kappa shape index (κ3) is 5.38. The highest BCUT2D eigenvalue weighted by molar-refractivity contribution is 9.10. The maximum atomic E-state index is 5.91. The summed E-state index contributed by atoms with van der Waals surface area (Å²) in [6, 6.07) is 5.88. The molecule has 1 rings (SSSR count). The van der Waals surface area contributed by atoms with Crippen LogP contribution in [-0.2, 0) is 4.74 Å². The molecule has 0 radical (unpaired) electrons. The van der Waals surface area contributed by atoms with Gasteiger partial charge >= 0.3 is 0 Å². The molecule has 0 fully saturated rings. The Kier molecular flexibility index (Phi) is 7.32. The summed E-state index contributed by atoms with van der Waals surface area (Å²) in [6.07, 6.45) is 2.25. The Morgan fingerprint density at radius 2 is 2.06 bits per heavy atom. The van der Waals surface area contributed by atoms with Crippen LogP contribution in [0.15, 0.2) is 22.7 Å². The van der Waals surface area contributed by atoms with E-state index in [9.17, 15) is 0 Å². The SMILES string of the molecule is CCCCOCCOc1cc(Br)ccc1C(C)N. The Bertz CT molecular complexity index is 356. The second kappa shape index (κ2) is 8.51. The zero-order valence-corrected chi connectivity index (χ0v) is 12.7. The molecule has 0 aromatic heterocycles. The van der Waals surface area contributed by atoms with E-state index in [1.807, 2.05) is 25.1 Å². The van der Waals surface area contributed by atoms with Crippen LogP contribution in [-0.4, -0.2) is 19.8 Å². The predicted octanol–water partition coefficient (Wildman–Crippen LogP) is 3.66. The van der Waals surface area contributed by atoms with Crippen molar-refractivity contribution in [3.63, 3.8) is 0 Å². The van der Waals surface area contributed by atoms with E-state index in [1.54, 1.807) is 0 Å². The van der Waals surface area contributed by atoms with Gasteiger partial charge in [0.15, 0.2) is 0 Å². The molecular formula is C14H22BrNO2. The second-order valence-corrected chi connectivity index (χ2v) is 5.20. The molecular weight excluding hydrogens is 294 g/mol. The number of halogens is 1. The topological polar surface area (TPSA) is 44.5 Å². The summed E-state index contributed by atoms with van der Waals surface area (Å²) in [5.41, 5.74) is 6.93. The van der Waals surface area contributed by atoms with Gasteiger partial charge in [0, 0.05) is 22.7 Å². The molecule has 0 saturated heterocycles. The van der Waals surface area contributed by atoms with Crippen LogP contribution in [0, 0.1) is 0 Å². The lowest BCUT2D eigenvalue weighted by molar-refractivity contribution is 0.0976. The zero-order valence-electron chi connectivity index (χ0n) is 11.1. The lowest BCUT2D eigenvalue weighted by Crippen LogP contribution is -2.11. The molecule has 0 bridgehead atoms. The van der Waals surface area contributed by atoms with E-state index < -0.39 is 0 Å². The monoisotopic (exact) mass is 315 g/mol. The summed E-state index contributed by atoms with van der Waals surface area (Å²) in [5.74, 6) is 0.832. The number of unbranched alkanes of at least 4 members (excludes halogenated alkanes) is 1. The van der Waals surface area contributed by atoms with Crippen LogP contribution in [0.2, 0.25) is 0 Å². The quantitative estimate of drug-likeness (QED) is 0.744. The lowest BCUT2D eigenvalue weighted by atomic mass is 10.1. The Balaban J connectivity index is 2.43. The number of rotatable bonds is 8. The van der Waals surface area contributed by atoms with Gasteiger partial charge in [0.2, 0.25) is 0 Å². The maximum absolute atomic E-state index is 5.91. The fraction of sp³-hybridized carbons (Fsp3) is 0.571. The third-order valence-electron chi connectivity index (χ3n) is 2.59. The van der Waals surface area contributed by atoms with E-state index in [4.69, 9.17) is 15.2 Å². The molecule has 1 aromatic carbocycles. The minimum absolute atomic E-state index is 0.0332. The van der Waals surface area contributed by atoms with Crippen LogP contribution >= 0.6 is 15.9 Å². The van der Waals surface area contributed by atoms with Crippen LogP contribution in [0.1, 0.15) is 38.3 Å². The van der Waals surface area contributed by atoms with Crippen molar-refractivity contribution in [2.75, 3.05) is 19.8 Å². The van der Waals surface area contributed by atoms with Crippen molar-refractivity contribution >= 4 is 15.9 Å². The standard InChI is InChI=1S/C14H22BrNO2/c1-3-4-7-17-8-9-18-14-10-12(15)5-6-13(14)11(2)16/h5-6,10-11H,3-4,7-9,16H2,1-2H3. The normalized spacial score (nSPS) is 12.4. The van der Waals surface area contributed by atoms with E-state index in [0.717, 1.165) is 35.2 Å². The summed E-state index contributed by atoms with van der Waals surface area (Å²) >= 11 is 3.44. The molecule has 3 nitrogen and oxygen atoms in total. The fourth-order valence-corrected chi connectivity index (χ4v) is 1.91. The molecule has 0 amide bonds. The zero-order chi connectivity index (χ0) is 13.4. The minimum atomic E-state index is -0.0332. The van der Waals surface area contributed by atoms with Gasteiger partial charge in [-0.2, -0.15) is 0 Å². The number of hydrogen-bond acceptors (Lipinski definition) is 3. The second-order valence-electron chi connectivity index (χ2n) is 4.29. The van der Waals surface area contributed by atoms with Crippen molar-refractivity contribution < 1.29 is 9.47 Å². The molecule has 0 saturated carbocycles. The van der Waals surface area contributed by atoms with Gasteiger partial charge in [0.1, 0.15) is 12.4 Å². The molecule has 102 valence electrons. The van der Waals surface area contributed by atoms with Gasteiger partial charge in [-0.05, 0) is 25.5 Å². The van der Waals surface area contributed by atoms with Gasteiger partial charge in [0.05, 0.1) is 6.61 Å². The molecule has 1 atom stereocenters. The highest BCUT2D eigenvalue weighted by Crippen LogP contribution is 2.27. The van der Waals surface area contributed by atoms with E-state index in [1.165, 1.54) is 0 Å². The van der Waals surface area contributed by atoms with Crippen LogP contribution in [0.4, 0.5) is 0 Å². The largest absolute Gasteiger partial charge is 0.491 e. The molecule has 1 unspecified atom stereocenters. The average molecular weight is 316 g/mol. The van der Waals surface area contributed by atoms with Crippen molar-refractivity contribution in [3.8, 4) is 5.75 Å². The smallest absolute Gasteiger partial charge is 0.125 e. The van der Waals surface area contributed by atoms with Gasteiger partial charge in [-0.25, -0.2) is 0 Å². The van der Waals surface area contributed by atoms with Crippen LogP contribution in [0.3, 0.4) is 0 Å². The van der Waals surface area contributed by atoms with E-state index >= 15 is 0 Å². The summed E-state index contributed by atoms with van der Waals surface area (Å²) in [5, 5.41) is 0. The third-order valence-corrected chi connectivity index (χ3v) is 3.09. The molecule has 0 spiro atoms. The van der Waals surface area contributed by atoms with Gasteiger partial charge in [-0.1, -0.05) is 35.3 Å². The minimum Gasteiger partial charge on any atom is -0.491 e. The number of hydrogen-bond donors (Lipinski definition) is 1. The number of ether oxygens (including phenoxy) is 2. The average Bonchev–Trinajstić information content (AvgIpc) is 2.33. The number of nitrogens with two attached hydrogens (primary N) is 1. The first-order valence-electron chi connectivity index (χ1n) is 6.40. The molecule has 0 heterocycles. The predicted molar refractivity (Wildman–Crippen MR) is 78.0 cm³/mol. The summed E-state index contributed by atoms with van der Waals surface area (Å²) < 4.78 is 12.2. The maximum Gasteiger partial charge on any atom is 0.125 e. The molecule has 0 aliphatic rings. The van der Waals surface area contributed by atoms with Crippen molar-refractivity contribution in [1.82, 2.24) is 0 Å². The van der Waals surface area contributed by atoms with Gasteiger partial charge in [-0.15, -0.1) is 0 Å². The van der Waals surface area contributed by atoms with Gasteiger partial charge in [-0.3, -0.25) is 0 Å². The fourth-order valence-electron chi connectivity index (χ4n) is 1.57. The molecule has 0 aliphatic carbocycles. The van der Waals surface area contributed by atoms with Gasteiger partial charge in [0.25, 0.3) is 0 Å². The van der Waals surface area contributed by atoms with E-state index in [-0.39, 0.29) is 6.04 Å². The molecule has 18 heavy (non-hydrogen) atoms. The molecule has 4 heteroatoms. The van der Waals surface area contributed by atoms with E-state index in [2.05, 4.69) is 22.9 Å². The van der Waals surface area contributed by atoms with Crippen molar-refractivity contribution in [1.29, 1.82) is 0 Å². The Labute approximate surface area is 118 Å². The Morgan fingerprint density at radius 3 is 2.72 bits per heavy atom. The first-order chi connectivity index (χ1) is 8.65. The van der Waals surface area contributed by atoms with Crippen LogP contribution in [0.25, 0.3) is 0 Å². The highest BCUT2D eigenvalue weighted by atomic mass is 79.9. The first kappa shape index (κ1) is 15.5. The van der Waals surface area contributed by atoms with Crippen molar-refractivity contribution in [2.45, 2.75) is 32.7 Å². The molecule has 2 N–H and O–H groups in total. The highest BCUT2D eigenvalue weighted by Gasteiger charge is 2.08. The Morgan fingerprint density at radius 1 is 1.28 bits per heavy atom. The lowest BCUT2D eigenvalue weighted by Gasteiger charge is -2.14. The summed E-state index contributed by atoms with van der Waals surface area (Å²) in [7, 11) is 0. The molecule has 0 aliphatic heterocycles. The Hall–Kier alpha value is -0.580. The summed E-state index contributed by atoms with van der Waals surface area (Å²) in [4.78, 5) is 0. The molecule has 1 aromatic rings. The van der Waals surface area contributed by atoms with Crippen molar-refractivity contribution in [2.24, 2.45) is 5.73 Å². The summed E-state index contributed by atoms with van der Waals surface area (Å²) in [6.45, 7) is 6.08. The first-order valence-corrected chi connectivity index (χ1v) is 7.20. The van der Waals surface area contributed by atoms with Crippen molar-refractivity contribution in [3.05, 3.63) is 28.2 Å². The van der Waals surface area contributed by atoms with Crippen LogP contribution < -0.4 is 10.5 Å².